The molecule has 2 rings (SSSR count). The van der Waals surface area contributed by atoms with Crippen molar-refractivity contribution in [1.82, 2.24) is 4.57 Å². The second kappa shape index (κ2) is 4.49. The molecule has 0 spiro atoms. The van der Waals surface area contributed by atoms with Crippen molar-refractivity contribution in [2.24, 2.45) is 7.05 Å². The first-order valence-electron chi connectivity index (χ1n) is 6.20. The molecule has 17 heavy (non-hydrogen) atoms. The first-order chi connectivity index (χ1) is 7.91. The molecule has 0 aliphatic heterocycles. The Labute approximate surface area is 112 Å². The summed E-state index contributed by atoms with van der Waals surface area (Å²) in [6.45, 7) is 9.03. The molecular formula is C15H20BrN. The van der Waals surface area contributed by atoms with E-state index in [-0.39, 0.29) is 0 Å². The van der Waals surface area contributed by atoms with Crippen LogP contribution in [0.4, 0.5) is 0 Å². The van der Waals surface area contributed by atoms with Crippen LogP contribution in [0.1, 0.15) is 50.7 Å². The molecule has 0 amide bonds. The molecule has 0 radical (unpaired) electrons. The van der Waals surface area contributed by atoms with Gasteiger partial charge in [0.05, 0.1) is 0 Å². The van der Waals surface area contributed by atoms with Crippen LogP contribution in [0.2, 0.25) is 0 Å². The van der Waals surface area contributed by atoms with Gasteiger partial charge in [-0.1, -0.05) is 33.8 Å². The van der Waals surface area contributed by atoms with E-state index in [4.69, 9.17) is 0 Å². The maximum absolute atomic E-state index is 3.68. The summed E-state index contributed by atoms with van der Waals surface area (Å²) in [6.07, 6.45) is 2.15. The second-order valence-electron chi connectivity index (χ2n) is 5.40. The van der Waals surface area contributed by atoms with Crippen LogP contribution in [0.25, 0.3) is 10.9 Å². The molecule has 0 bridgehead atoms. The van der Waals surface area contributed by atoms with Crippen molar-refractivity contribution in [3.05, 3.63) is 33.9 Å². The summed E-state index contributed by atoms with van der Waals surface area (Å²) in [5.74, 6) is 1.13. The van der Waals surface area contributed by atoms with E-state index in [9.17, 15) is 0 Å². The topological polar surface area (TPSA) is 4.93 Å². The van der Waals surface area contributed by atoms with Gasteiger partial charge in [0, 0.05) is 28.6 Å². The van der Waals surface area contributed by atoms with Gasteiger partial charge in [-0.3, -0.25) is 0 Å². The molecule has 1 heterocycles. The van der Waals surface area contributed by atoms with Gasteiger partial charge in [0.2, 0.25) is 0 Å². The van der Waals surface area contributed by atoms with Gasteiger partial charge in [0.25, 0.3) is 0 Å². The van der Waals surface area contributed by atoms with E-state index >= 15 is 0 Å². The molecule has 92 valence electrons. The minimum Gasteiger partial charge on any atom is -0.349 e. The lowest BCUT2D eigenvalue weighted by atomic mass is 9.93. The molecule has 0 atom stereocenters. The summed E-state index contributed by atoms with van der Waals surface area (Å²) in [6, 6.07) is 4.68. The van der Waals surface area contributed by atoms with E-state index in [1.165, 1.54) is 26.5 Å². The zero-order valence-electron chi connectivity index (χ0n) is 11.2. The third-order valence-corrected chi connectivity index (χ3v) is 3.99. The Balaban J connectivity index is 2.83. The summed E-state index contributed by atoms with van der Waals surface area (Å²) in [7, 11) is 2.11. The van der Waals surface area contributed by atoms with E-state index in [2.05, 4.69) is 73.6 Å². The average Bonchev–Trinajstić information content (AvgIpc) is 2.53. The van der Waals surface area contributed by atoms with Gasteiger partial charge < -0.3 is 4.57 Å². The van der Waals surface area contributed by atoms with Gasteiger partial charge in [0.15, 0.2) is 0 Å². The predicted octanol–water partition coefficient (Wildman–Crippen LogP) is 5.19. The Morgan fingerprint density at radius 1 is 1.06 bits per heavy atom. The maximum Gasteiger partial charge on any atom is 0.0495 e. The average molecular weight is 294 g/mol. The Morgan fingerprint density at radius 2 is 1.71 bits per heavy atom. The van der Waals surface area contributed by atoms with Gasteiger partial charge in [-0.2, -0.15) is 0 Å². The van der Waals surface area contributed by atoms with Crippen LogP contribution in [-0.4, -0.2) is 4.57 Å². The number of halogens is 1. The molecule has 1 aromatic heterocycles. The molecule has 0 saturated carbocycles. The number of aromatic nitrogens is 1. The van der Waals surface area contributed by atoms with Crippen LogP contribution >= 0.6 is 15.9 Å². The van der Waals surface area contributed by atoms with Crippen LogP contribution in [0.3, 0.4) is 0 Å². The lowest BCUT2D eigenvalue weighted by Crippen LogP contribution is -1.96. The third-order valence-electron chi connectivity index (χ3n) is 3.38. The van der Waals surface area contributed by atoms with Crippen LogP contribution in [0.15, 0.2) is 22.8 Å². The highest BCUT2D eigenvalue weighted by Crippen LogP contribution is 2.35. The summed E-state index contributed by atoms with van der Waals surface area (Å²) in [4.78, 5) is 0. The Hall–Kier alpha value is -0.760. The van der Waals surface area contributed by atoms with Gasteiger partial charge >= 0.3 is 0 Å². The second-order valence-corrected chi connectivity index (χ2v) is 6.26. The highest BCUT2D eigenvalue weighted by atomic mass is 79.9. The molecule has 1 nitrogen and oxygen atoms in total. The lowest BCUT2D eigenvalue weighted by Gasteiger charge is -2.14. The van der Waals surface area contributed by atoms with E-state index in [1.807, 2.05) is 0 Å². The van der Waals surface area contributed by atoms with Gasteiger partial charge in [-0.15, -0.1) is 0 Å². The number of hydrogen-bond donors (Lipinski definition) is 0. The fourth-order valence-electron chi connectivity index (χ4n) is 2.30. The molecule has 0 unspecified atom stereocenters. The Bertz CT molecular complexity index is 550. The van der Waals surface area contributed by atoms with Crippen molar-refractivity contribution in [3.8, 4) is 0 Å². The van der Waals surface area contributed by atoms with E-state index in [0.717, 1.165) is 0 Å². The standard InChI is InChI=1S/C15H20BrN/c1-9(2)11-6-12(10(3)4)15-13(16)8-17(5)14(15)7-11/h6-10H,1-5H3. The molecule has 1 aromatic carbocycles. The first-order valence-corrected chi connectivity index (χ1v) is 6.99. The Morgan fingerprint density at radius 3 is 2.24 bits per heavy atom. The van der Waals surface area contributed by atoms with Crippen LogP contribution in [-0.2, 0) is 7.05 Å². The van der Waals surface area contributed by atoms with Gasteiger partial charge in [-0.25, -0.2) is 0 Å². The fraction of sp³-hybridized carbons (Fsp3) is 0.467. The fourth-order valence-corrected chi connectivity index (χ4v) is 3.04. The smallest absolute Gasteiger partial charge is 0.0495 e. The molecule has 0 fully saturated rings. The van der Waals surface area contributed by atoms with Crippen LogP contribution in [0, 0.1) is 0 Å². The van der Waals surface area contributed by atoms with E-state index in [0.29, 0.717) is 11.8 Å². The third kappa shape index (κ3) is 2.15. The minimum absolute atomic E-state index is 0.551. The Kier molecular flexibility index (Phi) is 3.35. The monoisotopic (exact) mass is 293 g/mol. The molecule has 0 N–H and O–H groups in total. The van der Waals surface area contributed by atoms with Crippen molar-refractivity contribution in [2.75, 3.05) is 0 Å². The predicted molar refractivity (Wildman–Crippen MR) is 78.8 cm³/mol. The van der Waals surface area contributed by atoms with Crippen LogP contribution in [0.5, 0.6) is 0 Å². The summed E-state index contributed by atoms with van der Waals surface area (Å²) < 4.78 is 3.41. The number of fused-ring (bicyclic) bond motifs is 1. The van der Waals surface area contributed by atoms with Crippen molar-refractivity contribution in [1.29, 1.82) is 0 Å². The largest absolute Gasteiger partial charge is 0.349 e. The molecule has 0 aliphatic rings. The van der Waals surface area contributed by atoms with Gasteiger partial charge in [-0.05, 0) is 45.0 Å². The molecule has 2 heteroatoms. The van der Waals surface area contributed by atoms with Crippen molar-refractivity contribution in [2.45, 2.75) is 39.5 Å². The van der Waals surface area contributed by atoms with Gasteiger partial charge in [0.1, 0.15) is 0 Å². The van der Waals surface area contributed by atoms with E-state index < -0.39 is 0 Å². The summed E-state index contributed by atoms with van der Waals surface area (Å²) in [5.41, 5.74) is 4.19. The molecule has 0 saturated heterocycles. The van der Waals surface area contributed by atoms with E-state index in [1.54, 1.807) is 0 Å². The van der Waals surface area contributed by atoms with Crippen molar-refractivity contribution in [3.63, 3.8) is 0 Å². The molecule has 2 aromatic rings. The minimum atomic E-state index is 0.551. The zero-order valence-corrected chi connectivity index (χ0v) is 12.8. The number of nitrogens with zero attached hydrogens (tertiary/aromatic N) is 1. The summed E-state index contributed by atoms with van der Waals surface area (Å²) >= 11 is 3.68. The first kappa shape index (κ1) is 12.7. The SMILES string of the molecule is CC(C)c1cc(C(C)C)c2c(Br)cn(C)c2c1. The van der Waals surface area contributed by atoms with Crippen molar-refractivity contribution >= 4 is 26.8 Å². The number of benzene rings is 1. The highest BCUT2D eigenvalue weighted by Gasteiger charge is 2.14. The van der Waals surface area contributed by atoms with Crippen molar-refractivity contribution < 1.29 is 0 Å². The summed E-state index contributed by atoms with van der Waals surface area (Å²) in [5, 5.41) is 1.37. The normalized spacial score (nSPS) is 12.0. The molecular weight excluding hydrogens is 274 g/mol. The lowest BCUT2D eigenvalue weighted by molar-refractivity contribution is 0.839. The molecule has 0 aliphatic carbocycles. The van der Waals surface area contributed by atoms with Crippen LogP contribution < -0.4 is 0 Å². The zero-order chi connectivity index (χ0) is 12.7. The number of hydrogen-bond acceptors (Lipinski definition) is 0. The highest BCUT2D eigenvalue weighted by molar-refractivity contribution is 9.10. The number of aryl methyl sites for hydroxylation is 1. The maximum atomic E-state index is 3.68. The number of rotatable bonds is 2. The quantitative estimate of drug-likeness (QED) is 0.718.